The maximum Gasteiger partial charge on any atom is 0.142 e. The van der Waals surface area contributed by atoms with Crippen molar-refractivity contribution in [1.29, 1.82) is 0 Å². The molecule has 5 heteroatoms. The predicted octanol–water partition coefficient (Wildman–Crippen LogP) is 3.29. The lowest BCUT2D eigenvalue weighted by Crippen LogP contribution is -2.06. The van der Waals surface area contributed by atoms with E-state index in [0.717, 1.165) is 28.8 Å². The van der Waals surface area contributed by atoms with Gasteiger partial charge in [0.2, 0.25) is 0 Å². The second-order valence-corrected chi connectivity index (χ2v) is 5.68. The van der Waals surface area contributed by atoms with E-state index in [1.165, 1.54) is 10.4 Å². The number of hydrogen-bond donors (Lipinski definition) is 1. The Labute approximate surface area is 127 Å². The molecule has 0 saturated carbocycles. The number of nitrogens with one attached hydrogen (secondary N) is 1. The summed E-state index contributed by atoms with van der Waals surface area (Å²) >= 11 is 1.67. The fourth-order valence-electron chi connectivity index (χ4n) is 2.14. The van der Waals surface area contributed by atoms with Gasteiger partial charge >= 0.3 is 0 Å². The summed E-state index contributed by atoms with van der Waals surface area (Å²) in [4.78, 5) is 14.6. The van der Waals surface area contributed by atoms with Gasteiger partial charge in [-0.2, -0.15) is 0 Å². The first-order valence-corrected chi connectivity index (χ1v) is 7.59. The topological polar surface area (TPSA) is 50.7 Å². The van der Waals surface area contributed by atoms with Gasteiger partial charge in [0.15, 0.2) is 0 Å². The van der Waals surface area contributed by atoms with Gasteiger partial charge in [-0.3, -0.25) is 0 Å². The summed E-state index contributed by atoms with van der Waals surface area (Å²) in [7, 11) is 1.93. The van der Waals surface area contributed by atoms with Crippen LogP contribution in [0.3, 0.4) is 0 Å². The maximum absolute atomic E-state index is 4.75. The standard InChI is InChI=1S/C16H16N4S/c1-11-18-9-8-13(19-11)16-20-14(10-17-2)15(21-16)12-6-4-3-5-7-12/h3-9,17H,10H2,1-2H3. The normalized spacial score (nSPS) is 10.8. The molecule has 3 rings (SSSR count). The largest absolute Gasteiger partial charge is 0.314 e. The van der Waals surface area contributed by atoms with E-state index in [1.807, 2.05) is 38.2 Å². The van der Waals surface area contributed by atoms with E-state index in [9.17, 15) is 0 Å². The Morgan fingerprint density at radius 2 is 1.90 bits per heavy atom. The SMILES string of the molecule is CNCc1nc(-c2ccnc(C)n2)sc1-c1ccccc1. The summed E-state index contributed by atoms with van der Waals surface area (Å²) in [6.07, 6.45) is 1.78. The van der Waals surface area contributed by atoms with Crippen LogP contribution in [-0.2, 0) is 6.54 Å². The third-order valence-corrected chi connectivity index (χ3v) is 4.24. The Morgan fingerprint density at radius 1 is 1.10 bits per heavy atom. The molecule has 0 bridgehead atoms. The summed E-state index contributed by atoms with van der Waals surface area (Å²) in [6, 6.07) is 12.3. The number of hydrogen-bond acceptors (Lipinski definition) is 5. The molecule has 0 aliphatic carbocycles. The van der Waals surface area contributed by atoms with E-state index >= 15 is 0 Å². The Balaban J connectivity index is 2.08. The second kappa shape index (κ2) is 6.11. The van der Waals surface area contributed by atoms with Crippen LogP contribution < -0.4 is 5.32 Å². The van der Waals surface area contributed by atoms with E-state index in [4.69, 9.17) is 4.98 Å². The van der Waals surface area contributed by atoms with Gasteiger partial charge in [0.1, 0.15) is 16.5 Å². The molecule has 0 unspecified atom stereocenters. The average Bonchev–Trinajstić information content (AvgIpc) is 2.93. The number of aryl methyl sites for hydroxylation is 1. The highest BCUT2D eigenvalue weighted by molar-refractivity contribution is 7.18. The van der Waals surface area contributed by atoms with Crippen LogP contribution in [0.1, 0.15) is 11.5 Å². The van der Waals surface area contributed by atoms with E-state index in [2.05, 4.69) is 27.4 Å². The number of rotatable bonds is 4. The average molecular weight is 296 g/mol. The molecule has 2 aromatic heterocycles. The molecule has 21 heavy (non-hydrogen) atoms. The van der Waals surface area contributed by atoms with Crippen LogP contribution in [-0.4, -0.2) is 22.0 Å². The molecule has 0 saturated heterocycles. The first-order chi connectivity index (χ1) is 10.3. The van der Waals surface area contributed by atoms with E-state index < -0.39 is 0 Å². The molecular formula is C16H16N4S. The van der Waals surface area contributed by atoms with Crippen molar-refractivity contribution in [2.45, 2.75) is 13.5 Å². The highest BCUT2D eigenvalue weighted by Crippen LogP contribution is 2.34. The first-order valence-electron chi connectivity index (χ1n) is 6.77. The van der Waals surface area contributed by atoms with Gasteiger partial charge < -0.3 is 5.32 Å². The van der Waals surface area contributed by atoms with Crippen molar-refractivity contribution >= 4 is 11.3 Å². The van der Waals surface area contributed by atoms with Crippen LogP contribution in [0.2, 0.25) is 0 Å². The highest BCUT2D eigenvalue weighted by Gasteiger charge is 2.14. The molecule has 4 nitrogen and oxygen atoms in total. The predicted molar refractivity (Wildman–Crippen MR) is 86.1 cm³/mol. The fraction of sp³-hybridized carbons (Fsp3) is 0.188. The van der Waals surface area contributed by atoms with E-state index in [1.54, 1.807) is 17.5 Å². The van der Waals surface area contributed by atoms with Crippen molar-refractivity contribution in [2.75, 3.05) is 7.05 Å². The highest BCUT2D eigenvalue weighted by atomic mass is 32.1. The molecule has 2 heterocycles. The van der Waals surface area contributed by atoms with Crippen LogP contribution in [0.15, 0.2) is 42.6 Å². The summed E-state index contributed by atoms with van der Waals surface area (Å²) < 4.78 is 0. The van der Waals surface area contributed by atoms with Crippen LogP contribution >= 0.6 is 11.3 Å². The Morgan fingerprint density at radius 3 is 2.62 bits per heavy atom. The zero-order valence-corrected chi connectivity index (χ0v) is 12.8. The third-order valence-electron chi connectivity index (χ3n) is 3.07. The summed E-state index contributed by atoms with van der Waals surface area (Å²) in [5, 5.41) is 4.12. The summed E-state index contributed by atoms with van der Waals surface area (Å²) in [6.45, 7) is 2.63. The number of thiazole rings is 1. The minimum absolute atomic E-state index is 0.741. The lowest BCUT2D eigenvalue weighted by atomic mass is 10.1. The Bertz CT molecular complexity index is 737. The van der Waals surface area contributed by atoms with E-state index in [-0.39, 0.29) is 0 Å². The minimum Gasteiger partial charge on any atom is -0.314 e. The van der Waals surface area contributed by atoms with Gasteiger partial charge in [0.25, 0.3) is 0 Å². The maximum atomic E-state index is 4.75. The fourth-order valence-corrected chi connectivity index (χ4v) is 3.20. The van der Waals surface area contributed by atoms with Crippen molar-refractivity contribution in [3.05, 3.63) is 54.1 Å². The van der Waals surface area contributed by atoms with Gasteiger partial charge in [-0.05, 0) is 25.6 Å². The molecule has 0 radical (unpaired) electrons. The monoisotopic (exact) mass is 296 g/mol. The first kappa shape index (κ1) is 13.9. The van der Waals surface area contributed by atoms with Gasteiger partial charge in [-0.15, -0.1) is 11.3 Å². The molecule has 3 aromatic rings. The van der Waals surface area contributed by atoms with Crippen molar-refractivity contribution < 1.29 is 0 Å². The number of aromatic nitrogens is 3. The molecule has 0 aliphatic heterocycles. The van der Waals surface area contributed by atoms with Crippen molar-refractivity contribution in [3.8, 4) is 21.1 Å². The van der Waals surface area contributed by atoms with Crippen LogP contribution in [0, 0.1) is 6.92 Å². The van der Waals surface area contributed by atoms with Gasteiger partial charge in [-0.25, -0.2) is 15.0 Å². The summed E-state index contributed by atoms with van der Waals surface area (Å²) in [5.74, 6) is 0.763. The van der Waals surface area contributed by atoms with Crippen molar-refractivity contribution in [1.82, 2.24) is 20.3 Å². The van der Waals surface area contributed by atoms with Crippen LogP contribution in [0.25, 0.3) is 21.1 Å². The quantitative estimate of drug-likeness (QED) is 0.802. The van der Waals surface area contributed by atoms with Crippen molar-refractivity contribution in [3.63, 3.8) is 0 Å². The Kier molecular flexibility index (Phi) is 4.03. The molecule has 0 fully saturated rings. The van der Waals surface area contributed by atoms with Gasteiger partial charge in [0.05, 0.1) is 10.6 Å². The lowest BCUT2D eigenvalue weighted by Gasteiger charge is -2.00. The zero-order chi connectivity index (χ0) is 14.7. The van der Waals surface area contributed by atoms with Crippen LogP contribution in [0.4, 0.5) is 0 Å². The Hall–Kier alpha value is -2.11. The second-order valence-electron chi connectivity index (χ2n) is 4.68. The zero-order valence-electron chi connectivity index (χ0n) is 12.0. The molecule has 1 aromatic carbocycles. The lowest BCUT2D eigenvalue weighted by molar-refractivity contribution is 0.799. The molecule has 0 amide bonds. The van der Waals surface area contributed by atoms with Crippen molar-refractivity contribution in [2.24, 2.45) is 0 Å². The minimum atomic E-state index is 0.741. The number of benzene rings is 1. The molecule has 0 aliphatic rings. The molecule has 0 atom stereocenters. The van der Waals surface area contributed by atoms with E-state index in [0.29, 0.717) is 0 Å². The van der Waals surface area contributed by atoms with Gasteiger partial charge in [-0.1, -0.05) is 30.3 Å². The molecule has 1 N–H and O–H groups in total. The third kappa shape index (κ3) is 2.99. The smallest absolute Gasteiger partial charge is 0.142 e. The molecule has 0 spiro atoms. The molecular weight excluding hydrogens is 280 g/mol. The van der Waals surface area contributed by atoms with Gasteiger partial charge in [0, 0.05) is 12.7 Å². The van der Waals surface area contributed by atoms with Crippen LogP contribution in [0.5, 0.6) is 0 Å². The summed E-state index contributed by atoms with van der Waals surface area (Å²) in [5.41, 5.74) is 3.13. The number of nitrogens with zero attached hydrogens (tertiary/aromatic N) is 3. The molecule has 106 valence electrons.